The van der Waals surface area contributed by atoms with Crippen LogP contribution in [0.15, 0.2) is 6.07 Å². The zero-order valence-corrected chi connectivity index (χ0v) is 10.4. The number of aromatic nitrogens is 2. The van der Waals surface area contributed by atoms with E-state index in [9.17, 15) is 4.79 Å². The van der Waals surface area contributed by atoms with Crippen LogP contribution in [0.3, 0.4) is 0 Å². The number of piperidine rings is 1. The SMILES string of the molecule is COC(=O)c1cc2n(n1)CC1(CCNCC1)OC2. The average Bonchev–Trinajstić information content (AvgIpc) is 2.81. The summed E-state index contributed by atoms with van der Waals surface area (Å²) in [4.78, 5) is 11.5. The molecule has 0 aliphatic carbocycles. The molecule has 3 rings (SSSR count). The van der Waals surface area contributed by atoms with Crippen LogP contribution in [0.4, 0.5) is 0 Å². The summed E-state index contributed by atoms with van der Waals surface area (Å²) in [6.07, 6.45) is 1.97. The molecular formula is C12H17N3O3. The highest BCUT2D eigenvalue weighted by Crippen LogP contribution is 2.31. The van der Waals surface area contributed by atoms with Crippen molar-refractivity contribution in [3.05, 3.63) is 17.5 Å². The van der Waals surface area contributed by atoms with Crippen LogP contribution in [0.1, 0.15) is 29.0 Å². The molecule has 2 aliphatic heterocycles. The molecule has 1 N–H and O–H groups in total. The Morgan fingerprint density at radius 2 is 2.33 bits per heavy atom. The first-order chi connectivity index (χ1) is 8.72. The summed E-state index contributed by atoms with van der Waals surface area (Å²) in [5, 5.41) is 7.64. The Morgan fingerprint density at radius 1 is 1.56 bits per heavy atom. The minimum absolute atomic E-state index is 0.113. The van der Waals surface area contributed by atoms with Crippen molar-refractivity contribution in [3.63, 3.8) is 0 Å². The predicted molar refractivity (Wildman–Crippen MR) is 63.2 cm³/mol. The van der Waals surface area contributed by atoms with Crippen molar-refractivity contribution in [1.82, 2.24) is 15.1 Å². The van der Waals surface area contributed by atoms with Gasteiger partial charge < -0.3 is 14.8 Å². The van der Waals surface area contributed by atoms with Gasteiger partial charge in [0.1, 0.15) is 0 Å². The van der Waals surface area contributed by atoms with Crippen molar-refractivity contribution in [2.75, 3.05) is 20.2 Å². The van der Waals surface area contributed by atoms with Gasteiger partial charge in [0.2, 0.25) is 0 Å². The molecule has 0 amide bonds. The first-order valence-corrected chi connectivity index (χ1v) is 6.22. The molecule has 3 heterocycles. The lowest BCUT2D eigenvalue weighted by molar-refractivity contribution is -0.109. The van der Waals surface area contributed by atoms with Crippen LogP contribution in [0.25, 0.3) is 0 Å². The number of nitrogens with zero attached hydrogens (tertiary/aromatic N) is 2. The van der Waals surface area contributed by atoms with E-state index < -0.39 is 5.97 Å². The van der Waals surface area contributed by atoms with Crippen LogP contribution in [0.2, 0.25) is 0 Å². The van der Waals surface area contributed by atoms with E-state index in [0.29, 0.717) is 12.3 Å². The molecule has 18 heavy (non-hydrogen) atoms. The third kappa shape index (κ3) is 1.91. The van der Waals surface area contributed by atoms with Crippen molar-refractivity contribution < 1.29 is 14.3 Å². The molecule has 98 valence electrons. The minimum atomic E-state index is -0.392. The van der Waals surface area contributed by atoms with Gasteiger partial charge in [0.15, 0.2) is 5.69 Å². The van der Waals surface area contributed by atoms with Crippen LogP contribution in [0.5, 0.6) is 0 Å². The normalized spacial score (nSPS) is 21.6. The topological polar surface area (TPSA) is 65.4 Å². The monoisotopic (exact) mass is 251 g/mol. The van der Waals surface area contributed by atoms with Crippen molar-refractivity contribution >= 4 is 5.97 Å². The van der Waals surface area contributed by atoms with Gasteiger partial charge in [0.25, 0.3) is 0 Å². The maximum Gasteiger partial charge on any atom is 0.358 e. The van der Waals surface area contributed by atoms with Gasteiger partial charge >= 0.3 is 5.97 Å². The van der Waals surface area contributed by atoms with Crippen LogP contribution >= 0.6 is 0 Å². The van der Waals surface area contributed by atoms with Crippen molar-refractivity contribution in [2.24, 2.45) is 0 Å². The molecule has 6 nitrogen and oxygen atoms in total. The lowest BCUT2D eigenvalue weighted by Gasteiger charge is -2.40. The Hall–Kier alpha value is -1.40. The number of methoxy groups -OCH3 is 1. The predicted octanol–water partition coefficient (Wildman–Crippen LogP) is 0.322. The van der Waals surface area contributed by atoms with Crippen LogP contribution < -0.4 is 5.32 Å². The quantitative estimate of drug-likeness (QED) is 0.728. The van der Waals surface area contributed by atoms with E-state index in [2.05, 4.69) is 15.2 Å². The van der Waals surface area contributed by atoms with Gasteiger partial charge in [-0.05, 0) is 32.0 Å². The zero-order chi connectivity index (χ0) is 12.6. The van der Waals surface area contributed by atoms with Crippen LogP contribution in [-0.4, -0.2) is 41.6 Å². The summed E-state index contributed by atoms with van der Waals surface area (Å²) in [7, 11) is 1.37. The maximum atomic E-state index is 11.5. The van der Waals surface area contributed by atoms with Gasteiger partial charge in [-0.25, -0.2) is 4.79 Å². The van der Waals surface area contributed by atoms with Gasteiger partial charge in [0, 0.05) is 0 Å². The molecule has 2 aliphatic rings. The average molecular weight is 251 g/mol. The third-order valence-electron chi connectivity index (χ3n) is 3.74. The Morgan fingerprint density at radius 3 is 3.06 bits per heavy atom. The number of hydrogen-bond acceptors (Lipinski definition) is 5. The number of hydrogen-bond donors (Lipinski definition) is 1. The lowest BCUT2D eigenvalue weighted by Crippen LogP contribution is -2.49. The van der Waals surface area contributed by atoms with Gasteiger partial charge in [-0.2, -0.15) is 5.10 Å². The molecule has 1 fully saturated rings. The third-order valence-corrected chi connectivity index (χ3v) is 3.74. The Bertz CT molecular complexity index is 463. The smallest absolute Gasteiger partial charge is 0.358 e. The van der Waals surface area contributed by atoms with Gasteiger partial charge in [0.05, 0.1) is 31.6 Å². The maximum absolute atomic E-state index is 11.5. The van der Waals surface area contributed by atoms with Crippen molar-refractivity contribution in [2.45, 2.75) is 31.6 Å². The molecule has 1 saturated heterocycles. The Labute approximate surface area is 105 Å². The standard InChI is InChI=1S/C12H17N3O3/c1-17-11(16)10-6-9-7-18-12(8-15(9)14-10)2-4-13-5-3-12/h6,13H,2-5,7-8H2,1H3. The largest absolute Gasteiger partial charge is 0.464 e. The molecule has 1 aromatic rings. The highest BCUT2D eigenvalue weighted by atomic mass is 16.5. The highest BCUT2D eigenvalue weighted by Gasteiger charge is 2.38. The summed E-state index contributed by atoms with van der Waals surface area (Å²) in [5.41, 5.74) is 1.19. The summed E-state index contributed by atoms with van der Waals surface area (Å²) in [6, 6.07) is 1.75. The van der Waals surface area contributed by atoms with Crippen molar-refractivity contribution in [3.8, 4) is 0 Å². The van der Waals surface area contributed by atoms with Gasteiger partial charge in [-0.15, -0.1) is 0 Å². The van der Waals surface area contributed by atoms with Crippen molar-refractivity contribution in [1.29, 1.82) is 0 Å². The second-order valence-electron chi connectivity index (χ2n) is 4.89. The zero-order valence-electron chi connectivity index (χ0n) is 10.4. The fourth-order valence-electron chi connectivity index (χ4n) is 2.64. The van der Waals surface area contributed by atoms with Gasteiger partial charge in [-0.1, -0.05) is 0 Å². The molecule has 6 heteroatoms. The van der Waals surface area contributed by atoms with Crippen LogP contribution in [0, 0.1) is 0 Å². The molecule has 0 unspecified atom stereocenters. The molecule has 0 bridgehead atoms. The molecule has 0 aromatic carbocycles. The molecule has 0 atom stereocenters. The molecular weight excluding hydrogens is 234 g/mol. The van der Waals surface area contributed by atoms with E-state index in [4.69, 9.17) is 4.74 Å². The highest BCUT2D eigenvalue weighted by molar-refractivity contribution is 5.87. The number of fused-ring (bicyclic) bond motifs is 1. The number of nitrogens with one attached hydrogen (secondary N) is 1. The first kappa shape index (κ1) is 11.7. The summed E-state index contributed by atoms with van der Waals surface area (Å²) >= 11 is 0. The second kappa shape index (κ2) is 4.37. The number of rotatable bonds is 1. The molecule has 1 aromatic heterocycles. The Balaban J connectivity index is 1.84. The lowest BCUT2D eigenvalue weighted by atomic mass is 9.91. The van der Waals surface area contributed by atoms with E-state index in [0.717, 1.165) is 38.2 Å². The minimum Gasteiger partial charge on any atom is -0.464 e. The van der Waals surface area contributed by atoms with E-state index in [1.165, 1.54) is 7.11 Å². The number of carbonyl (C=O) groups excluding carboxylic acids is 1. The molecule has 1 spiro atoms. The Kier molecular flexibility index (Phi) is 2.83. The second-order valence-corrected chi connectivity index (χ2v) is 4.89. The fourth-order valence-corrected chi connectivity index (χ4v) is 2.64. The molecule has 0 saturated carbocycles. The number of carbonyl (C=O) groups is 1. The van der Waals surface area contributed by atoms with E-state index in [1.807, 2.05) is 4.68 Å². The van der Waals surface area contributed by atoms with E-state index >= 15 is 0 Å². The summed E-state index contributed by atoms with van der Waals surface area (Å²) in [5.74, 6) is -0.392. The number of ether oxygens (including phenoxy) is 2. The van der Waals surface area contributed by atoms with Crippen LogP contribution in [-0.2, 0) is 22.6 Å². The fraction of sp³-hybridized carbons (Fsp3) is 0.667. The number of esters is 1. The van der Waals surface area contributed by atoms with E-state index in [-0.39, 0.29) is 5.60 Å². The summed E-state index contributed by atoms with van der Waals surface area (Å²) < 4.78 is 12.6. The van der Waals surface area contributed by atoms with Gasteiger partial charge in [-0.3, -0.25) is 4.68 Å². The molecule has 0 radical (unpaired) electrons. The summed E-state index contributed by atoms with van der Waals surface area (Å²) in [6.45, 7) is 3.19. The first-order valence-electron chi connectivity index (χ1n) is 6.22. The van der Waals surface area contributed by atoms with E-state index in [1.54, 1.807) is 6.07 Å².